The van der Waals surface area contributed by atoms with Crippen LogP contribution in [-0.2, 0) is 70.6 Å². The molecule has 0 bridgehead atoms. The van der Waals surface area contributed by atoms with Crippen LogP contribution in [0.4, 0.5) is 0 Å². The van der Waals surface area contributed by atoms with Gasteiger partial charge in [0, 0.05) is 32.7 Å². The number of hydrogen-bond acceptors (Lipinski definition) is 3. The van der Waals surface area contributed by atoms with E-state index in [0.717, 1.165) is 10.7 Å². The van der Waals surface area contributed by atoms with E-state index in [2.05, 4.69) is 20.9 Å². The smallest absolute Gasteiger partial charge is 0.500 e. The van der Waals surface area contributed by atoms with Crippen LogP contribution < -0.4 is 0 Å². The van der Waals surface area contributed by atoms with Gasteiger partial charge in [0.1, 0.15) is 0 Å². The molecule has 0 atom stereocenters. The van der Waals surface area contributed by atoms with E-state index in [1.54, 1.807) is 6.92 Å². The van der Waals surface area contributed by atoms with E-state index >= 15 is 0 Å². The molecule has 0 aliphatic carbocycles. The zero-order valence-electron chi connectivity index (χ0n) is 8.52. The first-order valence-electron chi connectivity index (χ1n) is 3.19. The average Bonchev–Trinajstić information content (AvgIpc) is 1.93. The SMILES string of the molecule is [CH2-]C.[CH2-]CC.[CH2-]N(C)[S-](=O)=O.[V+2].[Y]. The van der Waals surface area contributed by atoms with E-state index in [1.165, 1.54) is 7.05 Å². The number of nitrogens with zero attached hydrogens (tertiary/aromatic N) is 1. The standard InChI is InChI=1S/C3H7.C2H5NO2S.C2H5.V.Y/c1-3-2;1-3(2)6(4)5;1-2;;/h1,3H2,2H3;1H2,2H3;1H2,2H3;;/q-1;-2;-1;+2;. The van der Waals surface area contributed by atoms with Gasteiger partial charge in [-0.05, 0) is 10.9 Å². The maximum absolute atomic E-state index is 9.56. The zero-order valence-corrected chi connectivity index (χ0v) is 13.6. The molecule has 0 aromatic heterocycles. The second kappa shape index (κ2) is 29.2. The molecule has 13 heavy (non-hydrogen) atoms. The summed E-state index contributed by atoms with van der Waals surface area (Å²) < 4.78 is 20.0. The molecule has 0 amide bonds. The Bertz CT molecular complexity index is 113. The van der Waals surface area contributed by atoms with Crippen molar-refractivity contribution in [3.63, 3.8) is 0 Å². The van der Waals surface area contributed by atoms with Crippen molar-refractivity contribution in [2.45, 2.75) is 20.3 Å². The number of hydrogen-bond donors (Lipinski definition) is 0. The Morgan fingerprint density at radius 2 is 1.38 bits per heavy atom. The Balaban J connectivity index is -0.0000000268. The largest absolute Gasteiger partial charge is 2.00 e. The molecular weight excluding hydrogens is 302 g/mol. The third-order valence-corrected chi connectivity index (χ3v) is 0.763. The van der Waals surface area contributed by atoms with Crippen LogP contribution in [0.5, 0.6) is 0 Å². The molecule has 0 aliphatic heterocycles. The van der Waals surface area contributed by atoms with Gasteiger partial charge < -0.3 is 26.6 Å². The second-order valence-corrected chi connectivity index (χ2v) is 2.40. The van der Waals surface area contributed by atoms with Crippen LogP contribution in [0.2, 0.25) is 0 Å². The molecular formula is C7H17NO2SVY-2. The second-order valence-electron chi connectivity index (χ2n) is 1.35. The van der Waals surface area contributed by atoms with Gasteiger partial charge in [0.15, 0.2) is 0 Å². The van der Waals surface area contributed by atoms with Crippen molar-refractivity contribution in [1.82, 2.24) is 4.31 Å². The topological polar surface area (TPSA) is 37.4 Å². The summed E-state index contributed by atoms with van der Waals surface area (Å²) in [6, 6.07) is 0. The summed E-state index contributed by atoms with van der Waals surface area (Å²) in [6.07, 6.45) is 1.00. The van der Waals surface area contributed by atoms with Crippen LogP contribution in [0.15, 0.2) is 0 Å². The summed E-state index contributed by atoms with van der Waals surface area (Å²) >= 11 is 0. The van der Waals surface area contributed by atoms with Crippen molar-refractivity contribution in [2.24, 2.45) is 0 Å². The molecule has 0 N–H and O–H groups in total. The fourth-order valence-electron chi connectivity index (χ4n) is 0. The normalized spacial score (nSPS) is 6.77. The predicted octanol–water partition coefficient (Wildman–Crippen LogP) is 2.00. The maximum Gasteiger partial charge on any atom is 2.00 e. The Morgan fingerprint density at radius 1 is 1.31 bits per heavy atom. The molecule has 0 unspecified atom stereocenters. The molecule has 0 saturated carbocycles. The van der Waals surface area contributed by atoms with E-state index in [1.807, 2.05) is 6.92 Å². The molecule has 6 heteroatoms. The maximum atomic E-state index is 9.56. The molecule has 0 saturated heterocycles. The van der Waals surface area contributed by atoms with Crippen LogP contribution in [0.1, 0.15) is 20.3 Å². The summed E-state index contributed by atoms with van der Waals surface area (Å²) in [5.74, 6) is 0. The van der Waals surface area contributed by atoms with E-state index in [9.17, 15) is 8.42 Å². The van der Waals surface area contributed by atoms with Gasteiger partial charge in [-0.2, -0.15) is 13.3 Å². The van der Waals surface area contributed by atoms with Gasteiger partial charge >= 0.3 is 18.6 Å². The van der Waals surface area contributed by atoms with E-state index in [4.69, 9.17) is 0 Å². The molecule has 0 rings (SSSR count). The Labute approximate surface area is 122 Å². The van der Waals surface area contributed by atoms with Crippen LogP contribution in [0.3, 0.4) is 0 Å². The first-order valence-corrected chi connectivity index (χ1v) is 4.23. The third kappa shape index (κ3) is 58.4. The van der Waals surface area contributed by atoms with E-state index < -0.39 is 10.9 Å². The Kier molecular flexibility index (Phi) is 65.8. The predicted molar refractivity (Wildman–Crippen MR) is 48.5 cm³/mol. The molecule has 3 nitrogen and oxygen atoms in total. The van der Waals surface area contributed by atoms with Crippen LogP contribution in [0, 0.1) is 20.9 Å². The van der Waals surface area contributed by atoms with Gasteiger partial charge in [0.2, 0.25) is 0 Å². The molecule has 0 aromatic carbocycles. The van der Waals surface area contributed by atoms with Crippen molar-refractivity contribution in [3.8, 4) is 0 Å². The Hall–Kier alpha value is 1.60. The molecule has 2 radical (unpaired) electrons. The van der Waals surface area contributed by atoms with Crippen molar-refractivity contribution in [2.75, 3.05) is 7.05 Å². The fourth-order valence-corrected chi connectivity index (χ4v) is 0. The summed E-state index contributed by atoms with van der Waals surface area (Å²) in [5.41, 5.74) is 0. The van der Waals surface area contributed by atoms with Crippen molar-refractivity contribution in [3.05, 3.63) is 20.9 Å². The van der Waals surface area contributed by atoms with Crippen molar-refractivity contribution < 1.29 is 59.7 Å². The summed E-state index contributed by atoms with van der Waals surface area (Å²) in [5, 5.41) is 0. The van der Waals surface area contributed by atoms with Crippen molar-refractivity contribution >= 4 is 10.9 Å². The monoisotopic (exact) mass is 319 g/mol. The van der Waals surface area contributed by atoms with Gasteiger partial charge in [0.25, 0.3) is 0 Å². The van der Waals surface area contributed by atoms with Gasteiger partial charge in [0.05, 0.1) is 0 Å². The first-order chi connectivity index (χ1) is 5.06. The minimum absolute atomic E-state index is 0. The minimum atomic E-state index is -2.15. The quantitative estimate of drug-likeness (QED) is 0.548. The average molecular weight is 319 g/mol. The van der Waals surface area contributed by atoms with Gasteiger partial charge in [-0.1, -0.05) is 14.0 Å². The zero-order chi connectivity index (χ0) is 9.86. The number of rotatable bonds is 1. The van der Waals surface area contributed by atoms with Crippen LogP contribution in [0.25, 0.3) is 0 Å². The molecule has 0 aromatic rings. The first kappa shape index (κ1) is 29.3. The molecule has 0 spiro atoms. The summed E-state index contributed by atoms with van der Waals surface area (Å²) in [4.78, 5) is 0. The molecule has 0 fully saturated rings. The third-order valence-electron chi connectivity index (χ3n) is 0.254. The molecule has 78 valence electrons. The Morgan fingerprint density at radius 3 is 1.38 bits per heavy atom. The molecule has 0 aliphatic rings. The van der Waals surface area contributed by atoms with Crippen LogP contribution in [-0.4, -0.2) is 11.4 Å². The van der Waals surface area contributed by atoms with Gasteiger partial charge in [-0.25, -0.2) is 0 Å². The van der Waals surface area contributed by atoms with Crippen molar-refractivity contribution in [1.29, 1.82) is 0 Å². The summed E-state index contributed by atoms with van der Waals surface area (Å²) in [7, 11) is 2.26. The minimum Gasteiger partial charge on any atom is -0.500 e. The van der Waals surface area contributed by atoms with E-state index in [-0.39, 0.29) is 51.3 Å². The van der Waals surface area contributed by atoms with Gasteiger partial charge in [-0.3, -0.25) is 7.05 Å². The molecule has 0 heterocycles. The van der Waals surface area contributed by atoms with Gasteiger partial charge in [-0.15, -0.1) is 0 Å². The summed E-state index contributed by atoms with van der Waals surface area (Å²) in [6.45, 7) is 10.5. The van der Waals surface area contributed by atoms with Crippen LogP contribution >= 0.6 is 0 Å². The fraction of sp³-hybridized carbons (Fsp3) is 0.571. The van der Waals surface area contributed by atoms with E-state index in [0.29, 0.717) is 0 Å².